The number of fused-ring (bicyclic) bond motifs is 3. The number of rotatable bonds is 1. The Bertz CT molecular complexity index is 185. The van der Waals surface area contributed by atoms with Crippen LogP contribution in [0.4, 0.5) is 0 Å². The van der Waals surface area contributed by atoms with Crippen molar-refractivity contribution in [3.05, 3.63) is 0 Å². The first kappa shape index (κ1) is 8.05. The van der Waals surface area contributed by atoms with Crippen molar-refractivity contribution >= 4 is 5.91 Å². The van der Waals surface area contributed by atoms with Gasteiger partial charge in [0, 0.05) is 13.6 Å². The standard InChI is InChI=1S/C9H16N2O/c1-10-9(12)8-6-11-4-2-7(8)3-5-11/h7-8H,2-6H2,1H3,(H,10,12). The first-order valence-electron chi connectivity index (χ1n) is 4.75. The molecule has 1 amide bonds. The summed E-state index contributed by atoms with van der Waals surface area (Å²) in [5.74, 6) is 1.18. The predicted octanol–water partition coefficient (Wildman–Crippen LogP) is 0.0742. The molecular weight excluding hydrogens is 152 g/mol. The van der Waals surface area contributed by atoms with Crippen LogP contribution in [0, 0.1) is 11.8 Å². The van der Waals surface area contributed by atoms with Gasteiger partial charge in [-0.3, -0.25) is 4.79 Å². The van der Waals surface area contributed by atoms with Crippen molar-refractivity contribution in [1.82, 2.24) is 10.2 Å². The number of amides is 1. The van der Waals surface area contributed by atoms with E-state index in [4.69, 9.17) is 0 Å². The molecule has 3 saturated heterocycles. The molecule has 3 rings (SSSR count). The summed E-state index contributed by atoms with van der Waals surface area (Å²) in [6.07, 6.45) is 2.44. The minimum Gasteiger partial charge on any atom is -0.359 e. The van der Waals surface area contributed by atoms with Gasteiger partial charge in [0.05, 0.1) is 5.92 Å². The molecule has 0 spiro atoms. The Morgan fingerprint density at radius 1 is 1.42 bits per heavy atom. The van der Waals surface area contributed by atoms with E-state index in [0.29, 0.717) is 5.92 Å². The second-order valence-electron chi connectivity index (χ2n) is 3.86. The Morgan fingerprint density at radius 3 is 2.50 bits per heavy atom. The fraction of sp³-hybridized carbons (Fsp3) is 0.889. The summed E-state index contributed by atoms with van der Waals surface area (Å²) < 4.78 is 0. The van der Waals surface area contributed by atoms with Crippen molar-refractivity contribution in [3.63, 3.8) is 0 Å². The van der Waals surface area contributed by atoms with Crippen molar-refractivity contribution in [2.45, 2.75) is 12.8 Å². The molecule has 12 heavy (non-hydrogen) atoms. The Balaban J connectivity index is 2.03. The summed E-state index contributed by atoms with van der Waals surface area (Å²) in [4.78, 5) is 13.8. The molecule has 3 aliphatic rings. The second-order valence-corrected chi connectivity index (χ2v) is 3.86. The van der Waals surface area contributed by atoms with Gasteiger partial charge in [0.1, 0.15) is 0 Å². The summed E-state index contributed by atoms with van der Waals surface area (Å²) in [7, 11) is 1.74. The molecule has 0 radical (unpaired) electrons. The van der Waals surface area contributed by atoms with Gasteiger partial charge in [-0.1, -0.05) is 0 Å². The summed E-state index contributed by atoms with van der Waals surface area (Å²) in [6, 6.07) is 0. The highest BCUT2D eigenvalue weighted by Crippen LogP contribution is 2.32. The molecule has 0 aromatic rings. The number of nitrogens with zero attached hydrogens (tertiary/aromatic N) is 1. The van der Waals surface area contributed by atoms with E-state index in [2.05, 4.69) is 10.2 Å². The molecule has 0 saturated carbocycles. The van der Waals surface area contributed by atoms with Gasteiger partial charge < -0.3 is 10.2 Å². The van der Waals surface area contributed by atoms with Gasteiger partial charge in [-0.2, -0.15) is 0 Å². The highest BCUT2D eigenvalue weighted by Gasteiger charge is 2.37. The largest absolute Gasteiger partial charge is 0.359 e. The van der Waals surface area contributed by atoms with Crippen LogP contribution in [0.5, 0.6) is 0 Å². The monoisotopic (exact) mass is 168 g/mol. The molecule has 1 N–H and O–H groups in total. The average molecular weight is 168 g/mol. The van der Waals surface area contributed by atoms with Crippen molar-refractivity contribution < 1.29 is 4.79 Å². The van der Waals surface area contributed by atoms with Crippen molar-refractivity contribution in [1.29, 1.82) is 0 Å². The van der Waals surface area contributed by atoms with E-state index in [-0.39, 0.29) is 11.8 Å². The van der Waals surface area contributed by atoms with Gasteiger partial charge in [0.2, 0.25) is 5.91 Å². The molecule has 0 aromatic heterocycles. The van der Waals surface area contributed by atoms with Gasteiger partial charge in [-0.05, 0) is 31.8 Å². The van der Waals surface area contributed by atoms with Gasteiger partial charge in [0.25, 0.3) is 0 Å². The van der Waals surface area contributed by atoms with Crippen LogP contribution in [-0.2, 0) is 4.79 Å². The summed E-state index contributed by atoms with van der Waals surface area (Å²) in [6.45, 7) is 3.40. The van der Waals surface area contributed by atoms with E-state index < -0.39 is 0 Å². The van der Waals surface area contributed by atoms with E-state index in [0.717, 1.165) is 6.54 Å². The normalized spacial score (nSPS) is 39.6. The molecule has 3 heteroatoms. The Kier molecular flexibility index (Phi) is 2.05. The van der Waals surface area contributed by atoms with Crippen molar-refractivity contribution in [2.24, 2.45) is 11.8 Å². The van der Waals surface area contributed by atoms with Crippen LogP contribution < -0.4 is 5.32 Å². The maximum Gasteiger partial charge on any atom is 0.224 e. The van der Waals surface area contributed by atoms with Crippen molar-refractivity contribution in [3.8, 4) is 0 Å². The number of piperidine rings is 3. The first-order chi connectivity index (χ1) is 5.81. The second kappa shape index (κ2) is 3.05. The van der Waals surface area contributed by atoms with Crippen LogP contribution in [0.2, 0.25) is 0 Å². The molecule has 0 aliphatic carbocycles. The number of hydrogen-bond donors (Lipinski definition) is 1. The zero-order valence-electron chi connectivity index (χ0n) is 7.55. The van der Waals surface area contributed by atoms with Gasteiger partial charge in [0.15, 0.2) is 0 Å². The predicted molar refractivity (Wildman–Crippen MR) is 46.7 cm³/mol. The molecule has 1 atom stereocenters. The smallest absolute Gasteiger partial charge is 0.224 e. The lowest BCUT2D eigenvalue weighted by Gasteiger charge is -2.43. The Labute approximate surface area is 73.1 Å². The fourth-order valence-electron chi connectivity index (χ4n) is 2.45. The van der Waals surface area contributed by atoms with Crippen LogP contribution >= 0.6 is 0 Å². The van der Waals surface area contributed by atoms with Crippen molar-refractivity contribution in [2.75, 3.05) is 26.7 Å². The molecule has 3 nitrogen and oxygen atoms in total. The lowest BCUT2D eigenvalue weighted by atomic mass is 9.79. The lowest BCUT2D eigenvalue weighted by Crippen LogP contribution is -2.52. The molecule has 68 valence electrons. The Hall–Kier alpha value is -0.570. The molecule has 1 unspecified atom stereocenters. The van der Waals surface area contributed by atoms with Gasteiger partial charge in [-0.25, -0.2) is 0 Å². The summed E-state index contributed by atoms with van der Waals surface area (Å²) in [5.41, 5.74) is 0. The number of hydrogen-bond acceptors (Lipinski definition) is 2. The number of nitrogens with one attached hydrogen (secondary N) is 1. The Morgan fingerprint density at radius 2 is 2.08 bits per heavy atom. The third kappa shape index (κ3) is 1.22. The molecule has 3 aliphatic heterocycles. The number of carbonyl (C=O) groups is 1. The third-order valence-electron chi connectivity index (χ3n) is 3.24. The fourth-order valence-corrected chi connectivity index (χ4v) is 2.45. The van der Waals surface area contributed by atoms with Crippen LogP contribution in [0.1, 0.15) is 12.8 Å². The zero-order chi connectivity index (χ0) is 8.55. The molecular formula is C9H16N2O. The molecule has 2 bridgehead atoms. The van der Waals surface area contributed by atoms with Gasteiger partial charge in [-0.15, -0.1) is 0 Å². The van der Waals surface area contributed by atoms with Crippen LogP contribution in [0.3, 0.4) is 0 Å². The highest BCUT2D eigenvalue weighted by atomic mass is 16.1. The quantitative estimate of drug-likeness (QED) is 0.601. The average Bonchev–Trinajstić information content (AvgIpc) is 2.18. The summed E-state index contributed by atoms with van der Waals surface area (Å²) >= 11 is 0. The lowest BCUT2D eigenvalue weighted by molar-refractivity contribution is -0.130. The third-order valence-corrected chi connectivity index (χ3v) is 3.24. The van der Waals surface area contributed by atoms with E-state index in [9.17, 15) is 4.79 Å². The topological polar surface area (TPSA) is 32.3 Å². The molecule has 0 aromatic carbocycles. The SMILES string of the molecule is CNC(=O)C1CN2CCC1CC2. The minimum atomic E-state index is 0.240. The first-order valence-corrected chi connectivity index (χ1v) is 4.75. The maximum absolute atomic E-state index is 11.4. The zero-order valence-corrected chi connectivity index (χ0v) is 7.55. The molecule has 3 fully saturated rings. The van der Waals surface area contributed by atoms with Crippen LogP contribution in [-0.4, -0.2) is 37.5 Å². The van der Waals surface area contributed by atoms with E-state index in [1.54, 1.807) is 7.05 Å². The molecule has 3 heterocycles. The van der Waals surface area contributed by atoms with Crippen LogP contribution in [0.15, 0.2) is 0 Å². The minimum absolute atomic E-state index is 0.240. The van der Waals surface area contributed by atoms with E-state index >= 15 is 0 Å². The van der Waals surface area contributed by atoms with E-state index in [1.165, 1.54) is 25.9 Å². The summed E-state index contributed by atoms with van der Waals surface area (Å²) in [5, 5.41) is 2.75. The highest BCUT2D eigenvalue weighted by molar-refractivity contribution is 5.79. The maximum atomic E-state index is 11.4. The number of carbonyl (C=O) groups excluding carboxylic acids is 1. The van der Waals surface area contributed by atoms with Gasteiger partial charge >= 0.3 is 0 Å². The van der Waals surface area contributed by atoms with Crippen LogP contribution in [0.25, 0.3) is 0 Å². The van der Waals surface area contributed by atoms with E-state index in [1.807, 2.05) is 0 Å².